The molecule has 0 unspecified atom stereocenters. The highest BCUT2D eigenvalue weighted by molar-refractivity contribution is 5.88. The van der Waals surface area contributed by atoms with Crippen LogP contribution in [0.4, 0.5) is 22.7 Å². The summed E-state index contributed by atoms with van der Waals surface area (Å²) in [5, 5.41) is 4.05. The maximum atomic E-state index is 5.28. The van der Waals surface area contributed by atoms with Crippen LogP contribution in [0.1, 0.15) is 44.5 Å². The third-order valence-electron chi connectivity index (χ3n) is 15.4. The summed E-state index contributed by atoms with van der Waals surface area (Å²) in [5.41, 5.74) is 19.9. The van der Waals surface area contributed by atoms with E-state index in [1.165, 1.54) is 44.5 Å². The van der Waals surface area contributed by atoms with Gasteiger partial charge in [-0.2, -0.15) is 0 Å². The van der Waals surface area contributed by atoms with Crippen LogP contribution in [0.2, 0.25) is 0 Å². The highest BCUT2D eigenvalue weighted by Crippen LogP contribution is 2.58. The highest BCUT2D eigenvalue weighted by atomic mass is 14.9. The molecule has 21 rings (SSSR count). The Hall–Kier alpha value is -9.52. The lowest BCUT2D eigenvalue weighted by atomic mass is 9.67. The van der Waals surface area contributed by atoms with E-state index >= 15 is 0 Å². The molecule has 72 heavy (non-hydrogen) atoms. The molecule has 9 aliphatic rings. The molecule has 2 aliphatic carbocycles. The van der Waals surface area contributed by atoms with Crippen molar-refractivity contribution in [2.24, 2.45) is 20.0 Å². The number of rotatable bonds is 0. The number of fused-ring (bicyclic) bond motifs is 8. The monoisotopic (exact) mass is 918 g/mol. The minimum atomic E-state index is -0.585. The summed E-state index contributed by atoms with van der Waals surface area (Å²) in [4.78, 5) is 28.4. The average Bonchev–Trinajstić information content (AvgIpc) is 4.16. The first-order chi connectivity index (χ1) is 35.6. The summed E-state index contributed by atoms with van der Waals surface area (Å²) in [5.74, 6) is 0. The fraction of sp³-hybridized carbons (Fsp3) is 0.0303. The van der Waals surface area contributed by atoms with Crippen LogP contribution in [0.25, 0.3) is 43.8 Å². The van der Waals surface area contributed by atoms with Crippen molar-refractivity contribution < 1.29 is 0 Å². The summed E-state index contributed by atoms with van der Waals surface area (Å²) in [6.07, 6.45) is 0. The second kappa shape index (κ2) is 15.5. The SMILES string of the molecule is c1ccc2c(c1)-c1ccccc1C21c2ccc(cc2)N=c2[nH]c(c3ccccc23)=Nc2ccc(cc2)C2(c3ccc(cc3)N=c3[nH]c(c4ccccc34)=Nc3ccc1cc3)c1ccccc1-c1ccccc12. The molecule has 2 N–H and O–H groups in total. The van der Waals surface area contributed by atoms with Crippen molar-refractivity contribution in [1.29, 1.82) is 0 Å². The van der Waals surface area contributed by atoms with Crippen molar-refractivity contribution in [3.63, 3.8) is 0 Å². The van der Waals surface area contributed by atoms with E-state index in [1.54, 1.807) is 0 Å². The normalized spacial score (nSPS) is 14.2. The Morgan fingerprint density at radius 1 is 0.222 bits per heavy atom. The van der Waals surface area contributed by atoms with Crippen LogP contribution < -0.4 is 22.0 Å². The first-order valence-corrected chi connectivity index (χ1v) is 24.5. The van der Waals surface area contributed by atoms with Crippen LogP contribution in [0.5, 0.6) is 0 Å². The molecule has 10 aromatic carbocycles. The van der Waals surface area contributed by atoms with Crippen LogP contribution >= 0.6 is 0 Å². The second-order valence-corrected chi connectivity index (χ2v) is 19.1. The third kappa shape index (κ3) is 5.78. The number of nitrogens with zero attached hydrogens (tertiary/aromatic N) is 4. The van der Waals surface area contributed by atoms with Crippen LogP contribution in [-0.2, 0) is 10.8 Å². The Morgan fingerprint density at radius 3 is 0.667 bits per heavy atom. The maximum absolute atomic E-state index is 5.28. The smallest absolute Gasteiger partial charge is 0.140 e. The van der Waals surface area contributed by atoms with Crippen LogP contribution in [0.15, 0.2) is 263 Å². The van der Waals surface area contributed by atoms with Crippen molar-refractivity contribution in [3.05, 3.63) is 309 Å². The first kappa shape index (κ1) is 40.4. The first-order valence-electron chi connectivity index (χ1n) is 24.5. The van der Waals surface area contributed by atoms with Gasteiger partial charge in [-0.05, 0) is 115 Å². The molecule has 2 aromatic heterocycles. The number of benzene rings is 10. The zero-order valence-corrected chi connectivity index (χ0v) is 38.9. The van der Waals surface area contributed by atoms with Crippen molar-refractivity contribution in [2.45, 2.75) is 10.8 Å². The quantitative estimate of drug-likeness (QED) is 0.152. The van der Waals surface area contributed by atoms with E-state index in [1.807, 2.05) is 0 Å². The predicted molar refractivity (Wildman–Crippen MR) is 287 cm³/mol. The zero-order valence-electron chi connectivity index (χ0n) is 38.9. The lowest BCUT2D eigenvalue weighted by Crippen LogP contribution is -2.28. The minimum absolute atomic E-state index is 0.585. The number of hydrogen-bond acceptors (Lipinski definition) is 4. The van der Waals surface area contributed by atoms with Crippen LogP contribution in [-0.4, -0.2) is 9.97 Å². The Morgan fingerprint density at radius 2 is 0.431 bits per heavy atom. The van der Waals surface area contributed by atoms with Crippen LogP contribution in [0.3, 0.4) is 0 Å². The van der Waals surface area contributed by atoms with Gasteiger partial charge in [-0.15, -0.1) is 0 Å². The van der Waals surface area contributed by atoms with Crippen molar-refractivity contribution in [2.75, 3.05) is 0 Å². The Labute approximate surface area is 414 Å². The molecule has 12 bridgehead atoms. The molecular formula is C66H42N6. The molecule has 0 fully saturated rings. The largest absolute Gasteiger partial charge is 0.324 e. The van der Waals surface area contributed by atoms with Crippen molar-refractivity contribution >= 4 is 44.3 Å². The van der Waals surface area contributed by atoms with Gasteiger partial charge in [0.25, 0.3) is 0 Å². The molecular weight excluding hydrogens is 877 g/mol. The standard InChI is InChI=1S/C66H42N6/c1-2-18-54-53(17-1)61-67-45-33-25-41(26-34-45)65(57-21-9-5-13-49(57)50-14-6-10-22-58(50)65)43-29-37-47(38-30-43)69-63-55-19-3-4-20-56(55)64(72-63)70-48-39-31-44(32-40-48)66(42-27-35-46(36-28-42)68-62(54)71-61)59-23-11-7-15-51(59)52-16-8-12-24-60(52)66/h1-40H,(H,67,68,71)(H,69,70,72). The number of hydrogen-bond donors (Lipinski definition) is 2. The maximum Gasteiger partial charge on any atom is 0.140 e. The molecule has 0 saturated heterocycles. The predicted octanol–water partition coefficient (Wildman–Crippen LogP) is 13.5. The van der Waals surface area contributed by atoms with Gasteiger partial charge in [0.2, 0.25) is 0 Å². The minimum Gasteiger partial charge on any atom is -0.324 e. The molecule has 12 aromatic rings. The van der Waals surface area contributed by atoms with E-state index in [4.69, 9.17) is 20.0 Å². The average molecular weight is 919 g/mol. The Bertz CT molecular complexity index is 3860. The van der Waals surface area contributed by atoms with Gasteiger partial charge in [-0.3, -0.25) is 0 Å². The number of aromatic amines is 2. The van der Waals surface area contributed by atoms with E-state index < -0.39 is 10.8 Å². The molecule has 2 spiro atoms. The molecule has 9 heterocycles. The summed E-state index contributed by atoms with van der Waals surface area (Å²) in [7, 11) is 0. The summed E-state index contributed by atoms with van der Waals surface area (Å²) in [6, 6.07) is 87.2. The molecule has 7 aliphatic heterocycles. The summed E-state index contributed by atoms with van der Waals surface area (Å²) < 4.78 is 0. The molecule has 0 radical (unpaired) electrons. The molecule has 0 amide bonds. The molecule has 336 valence electrons. The summed E-state index contributed by atoms with van der Waals surface area (Å²) >= 11 is 0. The number of H-pyrrole nitrogens is 2. The number of nitrogens with one attached hydrogen (secondary N) is 2. The Kier molecular flexibility index (Phi) is 8.69. The highest BCUT2D eigenvalue weighted by Gasteiger charge is 2.47. The van der Waals surface area contributed by atoms with Gasteiger partial charge < -0.3 is 9.97 Å². The Balaban J connectivity index is 0.978. The van der Waals surface area contributed by atoms with Gasteiger partial charge in [0.15, 0.2) is 0 Å². The molecule has 6 heteroatoms. The van der Waals surface area contributed by atoms with E-state index in [-0.39, 0.29) is 0 Å². The van der Waals surface area contributed by atoms with Gasteiger partial charge in [0, 0.05) is 21.5 Å². The topological polar surface area (TPSA) is 81.0 Å². The third-order valence-corrected chi connectivity index (χ3v) is 15.4. The van der Waals surface area contributed by atoms with E-state index in [9.17, 15) is 0 Å². The fourth-order valence-corrected chi connectivity index (χ4v) is 12.3. The lowest BCUT2D eigenvalue weighted by Gasteiger charge is -2.34. The van der Waals surface area contributed by atoms with E-state index in [2.05, 4.69) is 253 Å². The lowest BCUT2D eigenvalue weighted by molar-refractivity contribution is 0.768. The van der Waals surface area contributed by atoms with Crippen molar-refractivity contribution in [1.82, 2.24) is 9.97 Å². The second-order valence-electron chi connectivity index (χ2n) is 19.1. The summed E-state index contributed by atoms with van der Waals surface area (Å²) in [6.45, 7) is 0. The fourth-order valence-electron chi connectivity index (χ4n) is 12.3. The zero-order chi connectivity index (χ0) is 47.4. The molecule has 0 atom stereocenters. The van der Waals surface area contributed by atoms with Crippen molar-refractivity contribution in [3.8, 4) is 22.3 Å². The van der Waals surface area contributed by atoms with Gasteiger partial charge in [-0.1, -0.05) is 194 Å². The van der Waals surface area contributed by atoms with E-state index in [0.29, 0.717) is 0 Å². The van der Waals surface area contributed by atoms with Gasteiger partial charge in [0.1, 0.15) is 22.0 Å². The molecule has 6 nitrogen and oxygen atoms in total. The van der Waals surface area contributed by atoms with Gasteiger partial charge in [-0.25, -0.2) is 20.0 Å². The van der Waals surface area contributed by atoms with Gasteiger partial charge in [0.05, 0.1) is 33.6 Å². The van der Waals surface area contributed by atoms with Gasteiger partial charge >= 0.3 is 0 Å². The molecule has 0 saturated carbocycles. The number of aromatic nitrogens is 2. The van der Waals surface area contributed by atoms with E-state index in [0.717, 1.165) is 88.5 Å². The van der Waals surface area contributed by atoms with Crippen LogP contribution in [0, 0.1) is 0 Å².